The summed E-state index contributed by atoms with van der Waals surface area (Å²) in [5, 5.41) is 3.48. The first-order valence-corrected chi connectivity index (χ1v) is 8.45. The molecule has 0 saturated heterocycles. The van der Waals surface area contributed by atoms with Gasteiger partial charge >= 0.3 is 0 Å². The second-order valence-electron chi connectivity index (χ2n) is 5.22. The van der Waals surface area contributed by atoms with E-state index in [1.54, 1.807) is 0 Å². The van der Waals surface area contributed by atoms with Gasteiger partial charge in [-0.05, 0) is 32.4 Å². The van der Waals surface area contributed by atoms with Crippen LogP contribution in [0.5, 0.6) is 11.5 Å². The minimum Gasteiger partial charge on any atom is -0.494 e. The fourth-order valence-corrected chi connectivity index (χ4v) is 2.31. The van der Waals surface area contributed by atoms with Gasteiger partial charge in [0.15, 0.2) is 0 Å². The Kier molecular flexibility index (Phi) is 9.51. The Morgan fingerprint density at radius 1 is 0.857 bits per heavy atom. The van der Waals surface area contributed by atoms with Gasteiger partial charge in [-0.2, -0.15) is 0 Å². The zero-order valence-corrected chi connectivity index (χ0v) is 13.9. The predicted molar refractivity (Wildman–Crippen MR) is 90.6 cm³/mol. The molecule has 1 aromatic rings. The number of anilines is 1. The first-order chi connectivity index (χ1) is 10.3. The van der Waals surface area contributed by atoms with Gasteiger partial charge in [0, 0.05) is 12.6 Å². The van der Waals surface area contributed by atoms with Crippen LogP contribution in [0, 0.1) is 0 Å². The molecule has 0 saturated carbocycles. The van der Waals surface area contributed by atoms with Gasteiger partial charge < -0.3 is 14.8 Å². The zero-order valence-electron chi connectivity index (χ0n) is 13.9. The van der Waals surface area contributed by atoms with Gasteiger partial charge in [-0.15, -0.1) is 0 Å². The van der Waals surface area contributed by atoms with E-state index in [9.17, 15) is 0 Å². The molecular formula is C18H31NO2. The lowest BCUT2D eigenvalue weighted by molar-refractivity contribution is 0.332. The van der Waals surface area contributed by atoms with E-state index in [0.29, 0.717) is 13.2 Å². The first kappa shape index (κ1) is 17.7. The molecule has 1 rings (SSSR count). The molecule has 0 radical (unpaired) electrons. The number of nitrogens with one attached hydrogen (secondary N) is 1. The van der Waals surface area contributed by atoms with Crippen molar-refractivity contribution < 1.29 is 9.47 Å². The summed E-state index contributed by atoms with van der Waals surface area (Å²) in [4.78, 5) is 0. The summed E-state index contributed by atoms with van der Waals surface area (Å²) in [7, 11) is 0. The Morgan fingerprint density at radius 2 is 1.57 bits per heavy atom. The molecule has 1 N–H and O–H groups in total. The van der Waals surface area contributed by atoms with E-state index in [2.05, 4.69) is 12.2 Å². The van der Waals surface area contributed by atoms with E-state index in [1.165, 1.54) is 38.5 Å². The third kappa shape index (κ3) is 7.26. The van der Waals surface area contributed by atoms with Crippen LogP contribution in [0.4, 0.5) is 5.69 Å². The van der Waals surface area contributed by atoms with Gasteiger partial charge in [-0.3, -0.25) is 0 Å². The van der Waals surface area contributed by atoms with E-state index in [4.69, 9.17) is 9.47 Å². The Labute approximate surface area is 130 Å². The van der Waals surface area contributed by atoms with E-state index >= 15 is 0 Å². The van der Waals surface area contributed by atoms with Gasteiger partial charge in [0.1, 0.15) is 11.5 Å². The first-order valence-electron chi connectivity index (χ1n) is 8.45. The molecule has 0 aliphatic rings. The quantitative estimate of drug-likeness (QED) is 0.533. The smallest absolute Gasteiger partial charge is 0.142 e. The lowest BCUT2D eigenvalue weighted by atomic mass is 10.1. The molecule has 0 spiro atoms. The van der Waals surface area contributed by atoms with E-state index in [0.717, 1.165) is 23.7 Å². The maximum Gasteiger partial charge on any atom is 0.142 e. The highest BCUT2D eigenvalue weighted by atomic mass is 16.5. The lowest BCUT2D eigenvalue weighted by Gasteiger charge is -2.14. The fourth-order valence-electron chi connectivity index (χ4n) is 2.31. The minimum atomic E-state index is 0.680. The second-order valence-corrected chi connectivity index (χ2v) is 5.22. The molecule has 1 aromatic carbocycles. The van der Waals surface area contributed by atoms with Crippen molar-refractivity contribution in [1.82, 2.24) is 0 Å². The Morgan fingerprint density at radius 3 is 2.29 bits per heavy atom. The van der Waals surface area contributed by atoms with Crippen LogP contribution in [-0.4, -0.2) is 19.8 Å². The van der Waals surface area contributed by atoms with Crippen LogP contribution < -0.4 is 14.8 Å². The standard InChI is InChI=1S/C18H31NO2/c1-4-7-8-9-10-11-14-19-17-15-16(20-5-2)12-13-18(17)21-6-3/h12-13,15,19H,4-11,14H2,1-3H3. The zero-order chi connectivity index (χ0) is 15.3. The maximum absolute atomic E-state index is 5.66. The molecule has 3 nitrogen and oxygen atoms in total. The van der Waals surface area contributed by atoms with Crippen LogP contribution in [0.3, 0.4) is 0 Å². The van der Waals surface area contributed by atoms with E-state index < -0.39 is 0 Å². The van der Waals surface area contributed by atoms with Gasteiger partial charge in [0.25, 0.3) is 0 Å². The molecule has 0 aliphatic carbocycles. The number of benzene rings is 1. The SMILES string of the molecule is CCCCCCCCNc1cc(OCC)ccc1OCC. The maximum atomic E-state index is 5.66. The number of unbranched alkanes of at least 4 members (excludes halogenated alkanes) is 5. The molecular weight excluding hydrogens is 262 g/mol. The number of rotatable bonds is 12. The summed E-state index contributed by atoms with van der Waals surface area (Å²) in [5.41, 5.74) is 1.04. The van der Waals surface area contributed by atoms with Crippen LogP contribution >= 0.6 is 0 Å². The van der Waals surface area contributed by atoms with Crippen LogP contribution in [0.1, 0.15) is 59.3 Å². The highest BCUT2D eigenvalue weighted by Crippen LogP contribution is 2.29. The van der Waals surface area contributed by atoms with Crippen molar-refractivity contribution in [3.8, 4) is 11.5 Å². The van der Waals surface area contributed by atoms with Crippen molar-refractivity contribution >= 4 is 5.69 Å². The highest BCUT2D eigenvalue weighted by molar-refractivity contribution is 5.59. The highest BCUT2D eigenvalue weighted by Gasteiger charge is 2.05. The summed E-state index contributed by atoms with van der Waals surface area (Å²) in [6.07, 6.45) is 7.86. The average molecular weight is 293 g/mol. The second kappa shape index (κ2) is 11.3. The van der Waals surface area contributed by atoms with Gasteiger partial charge in [-0.1, -0.05) is 39.0 Å². The average Bonchev–Trinajstić information content (AvgIpc) is 2.49. The lowest BCUT2D eigenvalue weighted by Crippen LogP contribution is -2.05. The Hall–Kier alpha value is -1.38. The van der Waals surface area contributed by atoms with Crippen LogP contribution in [-0.2, 0) is 0 Å². The summed E-state index contributed by atoms with van der Waals surface area (Å²) in [6.45, 7) is 8.61. The van der Waals surface area contributed by atoms with Crippen molar-refractivity contribution in [2.45, 2.75) is 59.3 Å². The van der Waals surface area contributed by atoms with Crippen molar-refractivity contribution in [2.75, 3.05) is 25.1 Å². The van der Waals surface area contributed by atoms with Crippen molar-refractivity contribution in [2.24, 2.45) is 0 Å². The molecule has 0 bridgehead atoms. The van der Waals surface area contributed by atoms with Crippen molar-refractivity contribution in [1.29, 1.82) is 0 Å². The van der Waals surface area contributed by atoms with Crippen LogP contribution in [0.25, 0.3) is 0 Å². The summed E-state index contributed by atoms with van der Waals surface area (Å²) in [5.74, 6) is 1.80. The third-order valence-corrected chi connectivity index (χ3v) is 3.41. The van der Waals surface area contributed by atoms with Crippen molar-refractivity contribution in [3.05, 3.63) is 18.2 Å². The summed E-state index contributed by atoms with van der Waals surface area (Å²) >= 11 is 0. The monoisotopic (exact) mass is 293 g/mol. The molecule has 3 heteroatoms. The predicted octanol–water partition coefficient (Wildman–Crippen LogP) is 5.26. The van der Waals surface area contributed by atoms with Crippen LogP contribution in [0.15, 0.2) is 18.2 Å². The fraction of sp³-hybridized carbons (Fsp3) is 0.667. The molecule has 120 valence electrons. The molecule has 0 aromatic heterocycles. The largest absolute Gasteiger partial charge is 0.494 e. The Balaban J connectivity index is 2.41. The van der Waals surface area contributed by atoms with Gasteiger partial charge in [-0.25, -0.2) is 0 Å². The minimum absolute atomic E-state index is 0.680. The molecule has 0 unspecified atom stereocenters. The summed E-state index contributed by atoms with van der Waals surface area (Å²) < 4.78 is 11.2. The third-order valence-electron chi connectivity index (χ3n) is 3.41. The van der Waals surface area contributed by atoms with Gasteiger partial charge in [0.05, 0.1) is 18.9 Å². The van der Waals surface area contributed by atoms with Crippen molar-refractivity contribution in [3.63, 3.8) is 0 Å². The number of hydrogen-bond donors (Lipinski definition) is 1. The van der Waals surface area contributed by atoms with Crippen LogP contribution in [0.2, 0.25) is 0 Å². The van der Waals surface area contributed by atoms with Gasteiger partial charge in [0.2, 0.25) is 0 Å². The topological polar surface area (TPSA) is 30.5 Å². The molecule has 21 heavy (non-hydrogen) atoms. The Bertz CT molecular complexity index is 379. The van der Waals surface area contributed by atoms with E-state index in [-0.39, 0.29) is 0 Å². The number of ether oxygens (including phenoxy) is 2. The number of hydrogen-bond acceptors (Lipinski definition) is 3. The molecule has 0 amide bonds. The normalized spacial score (nSPS) is 10.4. The molecule has 0 aliphatic heterocycles. The van der Waals surface area contributed by atoms with E-state index in [1.807, 2.05) is 32.0 Å². The molecule has 0 fully saturated rings. The summed E-state index contributed by atoms with van der Waals surface area (Å²) in [6, 6.07) is 5.98. The molecule has 0 atom stereocenters. The molecule has 0 heterocycles.